The topological polar surface area (TPSA) is 86.6 Å². The Hall–Kier alpha value is -2.05. The molecule has 0 radical (unpaired) electrons. The molecule has 0 unspecified atom stereocenters. The van der Waals surface area contributed by atoms with Crippen LogP contribution in [0.2, 0.25) is 5.02 Å². The summed E-state index contributed by atoms with van der Waals surface area (Å²) in [6.45, 7) is 0. The monoisotopic (exact) mass is 369 g/mol. The molecule has 1 amide bonds. The zero-order chi connectivity index (χ0) is 15.6. The van der Waals surface area contributed by atoms with E-state index in [0.717, 1.165) is 4.47 Å². The number of para-hydroxylation sites is 1. The van der Waals surface area contributed by atoms with E-state index in [9.17, 15) is 14.7 Å². The first kappa shape index (κ1) is 15.3. The molecule has 2 aromatic carbocycles. The summed E-state index contributed by atoms with van der Waals surface area (Å²) in [7, 11) is 0. The number of aromatic hydroxyl groups is 1. The van der Waals surface area contributed by atoms with Gasteiger partial charge in [0.1, 0.15) is 5.56 Å². The number of carbonyl (C=O) groups excluding carboxylic acids is 1. The maximum atomic E-state index is 12.1. The van der Waals surface area contributed by atoms with Crippen LogP contribution in [0, 0.1) is 0 Å². The minimum Gasteiger partial charge on any atom is -0.505 e. The number of hydrogen-bond acceptors (Lipinski definition) is 3. The van der Waals surface area contributed by atoms with Crippen LogP contribution in [0.4, 0.5) is 5.69 Å². The van der Waals surface area contributed by atoms with Gasteiger partial charge >= 0.3 is 5.97 Å². The zero-order valence-corrected chi connectivity index (χ0v) is 12.8. The largest absolute Gasteiger partial charge is 0.505 e. The standard InChI is InChI=1S/C14H9BrClNO4/c15-7-4-5-8(10(16)6-7)13(19)17-11-3-1-2-9(12(11)18)14(20)21/h1-6,18H,(H,17,19)(H,20,21). The maximum absolute atomic E-state index is 12.1. The molecule has 2 aromatic rings. The van der Waals surface area contributed by atoms with Gasteiger partial charge in [0.15, 0.2) is 5.75 Å². The minimum atomic E-state index is -1.29. The summed E-state index contributed by atoms with van der Waals surface area (Å²) >= 11 is 9.19. The lowest BCUT2D eigenvalue weighted by molar-refractivity contribution is 0.0693. The molecule has 3 N–H and O–H groups in total. The van der Waals surface area contributed by atoms with E-state index in [-0.39, 0.29) is 21.8 Å². The normalized spacial score (nSPS) is 10.2. The van der Waals surface area contributed by atoms with E-state index in [0.29, 0.717) is 0 Å². The molecule has 108 valence electrons. The van der Waals surface area contributed by atoms with Crippen LogP contribution in [0.5, 0.6) is 5.75 Å². The SMILES string of the molecule is O=C(Nc1cccc(C(=O)O)c1O)c1ccc(Br)cc1Cl. The Morgan fingerprint density at radius 3 is 2.48 bits per heavy atom. The van der Waals surface area contributed by atoms with Crippen molar-refractivity contribution in [3.8, 4) is 5.75 Å². The van der Waals surface area contributed by atoms with E-state index in [1.54, 1.807) is 12.1 Å². The van der Waals surface area contributed by atoms with Gasteiger partial charge in [-0.15, -0.1) is 0 Å². The van der Waals surface area contributed by atoms with Crippen molar-refractivity contribution in [1.82, 2.24) is 0 Å². The summed E-state index contributed by atoms with van der Waals surface area (Å²) in [5.74, 6) is -2.35. The number of nitrogens with one attached hydrogen (secondary N) is 1. The van der Waals surface area contributed by atoms with Crippen LogP contribution in [0.25, 0.3) is 0 Å². The average Bonchev–Trinajstić information content (AvgIpc) is 2.40. The fraction of sp³-hybridized carbons (Fsp3) is 0. The molecule has 0 atom stereocenters. The summed E-state index contributed by atoms with van der Waals surface area (Å²) in [6, 6.07) is 8.77. The lowest BCUT2D eigenvalue weighted by Crippen LogP contribution is -2.13. The second-order valence-corrected chi connectivity index (χ2v) is 5.41. The van der Waals surface area contributed by atoms with Gasteiger partial charge in [0.25, 0.3) is 5.91 Å². The highest BCUT2D eigenvalue weighted by atomic mass is 79.9. The van der Waals surface area contributed by atoms with Crippen molar-refractivity contribution < 1.29 is 19.8 Å². The fourth-order valence-corrected chi connectivity index (χ4v) is 2.44. The number of phenols is 1. The Morgan fingerprint density at radius 2 is 1.86 bits per heavy atom. The molecular weight excluding hydrogens is 362 g/mol. The number of benzene rings is 2. The molecule has 0 saturated heterocycles. The lowest BCUT2D eigenvalue weighted by atomic mass is 10.1. The van der Waals surface area contributed by atoms with Gasteiger partial charge in [0.05, 0.1) is 16.3 Å². The molecule has 21 heavy (non-hydrogen) atoms. The van der Waals surface area contributed by atoms with Crippen LogP contribution in [-0.4, -0.2) is 22.1 Å². The van der Waals surface area contributed by atoms with Gasteiger partial charge < -0.3 is 15.5 Å². The van der Waals surface area contributed by atoms with Crippen LogP contribution in [-0.2, 0) is 0 Å². The third-order valence-corrected chi connectivity index (χ3v) is 3.50. The van der Waals surface area contributed by atoms with Crippen molar-refractivity contribution in [2.45, 2.75) is 0 Å². The van der Waals surface area contributed by atoms with Crippen molar-refractivity contribution in [3.63, 3.8) is 0 Å². The van der Waals surface area contributed by atoms with Crippen molar-refractivity contribution in [3.05, 3.63) is 57.0 Å². The maximum Gasteiger partial charge on any atom is 0.339 e. The Bertz CT molecular complexity index is 733. The highest BCUT2D eigenvalue weighted by Gasteiger charge is 2.16. The first-order valence-electron chi connectivity index (χ1n) is 5.72. The lowest BCUT2D eigenvalue weighted by Gasteiger charge is -2.10. The van der Waals surface area contributed by atoms with Crippen molar-refractivity contribution in [1.29, 1.82) is 0 Å². The quantitative estimate of drug-likeness (QED) is 0.718. The number of carboxylic acids is 1. The molecule has 0 aromatic heterocycles. The number of carbonyl (C=O) groups is 2. The van der Waals surface area contributed by atoms with Crippen molar-refractivity contribution >= 4 is 45.1 Å². The summed E-state index contributed by atoms with van der Waals surface area (Å²) in [5, 5.41) is 21.4. The highest BCUT2D eigenvalue weighted by Crippen LogP contribution is 2.29. The molecule has 0 aliphatic heterocycles. The Morgan fingerprint density at radius 1 is 1.14 bits per heavy atom. The van der Waals surface area contributed by atoms with Gasteiger partial charge in [-0.1, -0.05) is 33.6 Å². The summed E-state index contributed by atoms with van der Waals surface area (Å²) < 4.78 is 0.722. The molecule has 0 spiro atoms. The van der Waals surface area contributed by atoms with Gasteiger partial charge in [-0.2, -0.15) is 0 Å². The molecule has 7 heteroatoms. The van der Waals surface area contributed by atoms with E-state index in [1.165, 1.54) is 24.3 Å². The first-order valence-corrected chi connectivity index (χ1v) is 6.89. The molecule has 0 heterocycles. The second kappa shape index (κ2) is 6.15. The second-order valence-electron chi connectivity index (χ2n) is 4.09. The number of amides is 1. The van der Waals surface area contributed by atoms with E-state index in [4.69, 9.17) is 16.7 Å². The number of halogens is 2. The van der Waals surface area contributed by atoms with E-state index >= 15 is 0 Å². The number of aromatic carboxylic acids is 1. The average molecular weight is 371 g/mol. The van der Waals surface area contributed by atoms with Crippen LogP contribution in [0.3, 0.4) is 0 Å². The van der Waals surface area contributed by atoms with E-state index < -0.39 is 17.6 Å². The predicted octanol–water partition coefficient (Wildman–Crippen LogP) is 3.76. The van der Waals surface area contributed by atoms with Gasteiger partial charge in [0, 0.05) is 4.47 Å². The number of carboxylic acid groups (broad SMARTS) is 1. The molecule has 0 aliphatic rings. The van der Waals surface area contributed by atoms with E-state index in [1.807, 2.05) is 0 Å². The third-order valence-electron chi connectivity index (χ3n) is 2.69. The fourth-order valence-electron chi connectivity index (χ4n) is 1.68. The van der Waals surface area contributed by atoms with Gasteiger partial charge in [-0.05, 0) is 30.3 Å². The van der Waals surface area contributed by atoms with Crippen molar-refractivity contribution in [2.24, 2.45) is 0 Å². The first-order chi connectivity index (χ1) is 9.90. The number of rotatable bonds is 3. The van der Waals surface area contributed by atoms with Crippen LogP contribution in [0.15, 0.2) is 40.9 Å². The molecule has 0 fully saturated rings. The highest BCUT2D eigenvalue weighted by molar-refractivity contribution is 9.10. The van der Waals surface area contributed by atoms with Gasteiger partial charge in [-0.25, -0.2) is 4.79 Å². The minimum absolute atomic E-state index is 0.00103. The third kappa shape index (κ3) is 3.34. The van der Waals surface area contributed by atoms with Crippen molar-refractivity contribution in [2.75, 3.05) is 5.32 Å². The zero-order valence-electron chi connectivity index (χ0n) is 10.4. The summed E-state index contributed by atoms with van der Waals surface area (Å²) in [4.78, 5) is 23.0. The molecule has 0 bridgehead atoms. The van der Waals surface area contributed by atoms with E-state index in [2.05, 4.69) is 21.2 Å². The van der Waals surface area contributed by atoms with Gasteiger partial charge in [0.2, 0.25) is 0 Å². The summed E-state index contributed by atoms with van der Waals surface area (Å²) in [6.07, 6.45) is 0. The molecule has 5 nitrogen and oxygen atoms in total. The molecule has 0 saturated carbocycles. The van der Waals surface area contributed by atoms with Crippen LogP contribution >= 0.6 is 27.5 Å². The van der Waals surface area contributed by atoms with Crippen LogP contribution < -0.4 is 5.32 Å². The molecule has 2 rings (SSSR count). The smallest absolute Gasteiger partial charge is 0.339 e. The van der Waals surface area contributed by atoms with Crippen LogP contribution in [0.1, 0.15) is 20.7 Å². The number of anilines is 1. The Balaban J connectivity index is 2.32. The summed E-state index contributed by atoms with van der Waals surface area (Å²) in [5.41, 5.74) is -0.0893. The molecule has 0 aliphatic carbocycles. The van der Waals surface area contributed by atoms with Gasteiger partial charge in [-0.3, -0.25) is 4.79 Å². The predicted molar refractivity (Wildman–Crippen MR) is 82.2 cm³/mol. The number of hydrogen-bond donors (Lipinski definition) is 3. The Kier molecular flexibility index (Phi) is 4.50. The Labute approximate surface area is 133 Å². The molecular formula is C14H9BrClNO4.